The van der Waals surface area contributed by atoms with E-state index in [0.29, 0.717) is 51.2 Å². The molecule has 0 saturated heterocycles. The van der Waals surface area contributed by atoms with Crippen LogP contribution in [-0.4, -0.2) is 54.9 Å². The molecule has 0 aliphatic carbocycles. The van der Waals surface area contributed by atoms with Crippen LogP contribution in [0.2, 0.25) is 0 Å². The molecule has 182 valence electrons. The Bertz CT molecular complexity index is 1190. The van der Waals surface area contributed by atoms with Gasteiger partial charge in [0, 0.05) is 25.6 Å². The highest BCUT2D eigenvalue weighted by molar-refractivity contribution is 7.16. The van der Waals surface area contributed by atoms with Crippen LogP contribution in [0.5, 0.6) is 17.2 Å². The number of fused-ring (bicyclic) bond motifs is 2. The number of carbonyl (C=O) groups excluding carboxylic acids is 1. The number of hydrogen-bond acceptors (Lipinski definition) is 8. The zero-order chi connectivity index (χ0) is 23.9. The second kappa shape index (κ2) is 11.4. The van der Waals surface area contributed by atoms with Crippen LogP contribution in [0.4, 0.5) is 0 Å². The van der Waals surface area contributed by atoms with Crippen LogP contribution in [0, 0.1) is 0 Å². The van der Waals surface area contributed by atoms with Gasteiger partial charge in [-0.2, -0.15) is 0 Å². The Balaban J connectivity index is 1.11. The molecular formula is C24H30N4O5S. The topological polar surface area (TPSA) is 139 Å². The van der Waals surface area contributed by atoms with Gasteiger partial charge in [-0.15, -0.1) is 0 Å². The van der Waals surface area contributed by atoms with Crippen LogP contribution in [0.25, 0.3) is 10.2 Å². The summed E-state index contributed by atoms with van der Waals surface area (Å²) in [7, 11) is 0. The number of nitrogens with two attached hydrogens (primary N) is 1. The minimum atomic E-state index is -0.216. The van der Waals surface area contributed by atoms with E-state index in [-0.39, 0.29) is 29.0 Å². The summed E-state index contributed by atoms with van der Waals surface area (Å²) in [6, 6.07) is 9.11. The Morgan fingerprint density at radius 3 is 2.79 bits per heavy atom. The smallest absolute Gasteiger partial charge is 0.305 e. The molecule has 2 heterocycles. The first-order valence-electron chi connectivity index (χ1n) is 11.4. The van der Waals surface area contributed by atoms with Gasteiger partial charge in [0.05, 0.1) is 4.70 Å². The van der Waals surface area contributed by atoms with Gasteiger partial charge in [0.15, 0.2) is 11.5 Å². The molecule has 2 aromatic carbocycles. The van der Waals surface area contributed by atoms with Gasteiger partial charge in [0.2, 0.25) is 5.91 Å². The van der Waals surface area contributed by atoms with E-state index in [0.717, 1.165) is 45.1 Å². The molecule has 0 saturated carbocycles. The molecule has 10 heteroatoms. The molecule has 1 atom stereocenters. The molecule has 1 aromatic heterocycles. The third-order valence-corrected chi connectivity index (χ3v) is 6.65. The maximum atomic E-state index is 12.2. The molecule has 1 amide bonds. The van der Waals surface area contributed by atoms with Crippen molar-refractivity contribution in [2.75, 3.05) is 32.8 Å². The van der Waals surface area contributed by atoms with Gasteiger partial charge >= 0.3 is 4.87 Å². The number of benzene rings is 2. The van der Waals surface area contributed by atoms with Gasteiger partial charge in [0.1, 0.15) is 24.5 Å². The van der Waals surface area contributed by atoms with E-state index in [1.54, 1.807) is 6.07 Å². The number of phenolic OH excluding ortho intramolecular Hbond substituents is 1. The van der Waals surface area contributed by atoms with Crippen LogP contribution in [-0.2, 0) is 17.6 Å². The van der Waals surface area contributed by atoms with Gasteiger partial charge in [-0.1, -0.05) is 23.5 Å². The quantitative estimate of drug-likeness (QED) is 0.260. The van der Waals surface area contributed by atoms with E-state index in [1.807, 2.05) is 24.3 Å². The van der Waals surface area contributed by atoms with Crippen molar-refractivity contribution in [1.29, 1.82) is 0 Å². The summed E-state index contributed by atoms with van der Waals surface area (Å²) in [6.45, 7) is 2.96. The molecule has 1 aliphatic heterocycles. The third kappa shape index (κ3) is 6.28. The average Bonchev–Trinajstić information content (AvgIpc) is 3.23. The van der Waals surface area contributed by atoms with E-state index in [4.69, 9.17) is 15.2 Å². The van der Waals surface area contributed by atoms with Crippen LogP contribution >= 0.6 is 11.3 Å². The number of aromatic amines is 1. The molecule has 1 unspecified atom stereocenters. The predicted octanol–water partition coefficient (Wildman–Crippen LogP) is 1.66. The van der Waals surface area contributed by atoms with E-state index >= 15 is 0 Å². The molecule has 1 aliphatic rings. The van der Waals surface area contributed by atoms with E-state index in [9.17, 15) is 14.7 Å². The lowest BCUT2D eigenvalue weighted by atomic mass is 10.0. The first kappa shape index (κ1) is 24.1. The SMILES string of the molecule is NC(CCc1ccc2c(c1)OCCO2)CC(=O)NCCNCCc1ccc(O)c2[nH]c(=O)sc12. The van der Waals surface area contributed by atoms with Crippen molar-refractivity contribution in [2.45, 2.75) is 31.7 Å². The number of phenols is 1. The first-order chi connectivity index (χ1) is 16.5. The van der Waals surface area contributed by atoms with Crippen molar-refractivity contribution >= 4 is 27.5 Å². The number of nitrogens with one attached hydrogen (secondary N) is 3. The summed E-state index contributed by atoms with van der Waals surface area (Å²) < 4.78 is 11.9. The van der Waals surface area contributed by atoms with Crippen LogP contribution in [0.15, 0.2) is 35.1 Å². The number of H-pyrrole nitrogens is 1. The zero-order valence-electron chi connectivity index (χ0n) is 18.9. The minimum Gasteiger partial charge on any atom is -0.506 e. The van der Waals surface area contributed by atoms with Crippen molar-refractivity contribution in [3.05, 3.63) is 51.1 Å². The zero-order valence-corrected chi connectivity index (χ0v) is 19.7. The summed E-state index contributed by atoms with van der Waals surface area (Å²) in [4.78, 5) is 26.2. The van der Waals surface area contributed by atoms with Crippen LogP contribution in [0.3, 0.4) is 0 Å². The van der Waals surface area contributed by atoms with Gasteiger partial charge < -0.3 is 35.9 Å². The molecule has 3 aromatic rings. The number of carbonyl (C=O) groups is 1. The summed E-state index contributed by atoms with van der Waals surface area (Å²) in [5.41, 5.74) is 8.76. The second-order valence-electron chi connectivity index (χ2n) is 8.29. The van der Waals surface area contributed by atoms with E-state index < -0.39 is 0 Å². The lowest BCUT2D eigenvalue weighted by molar-refractivity contribution is -0.121. The predicted molar refractivity (Wildman–Crippen MR) is 132 cm³/mol. The van der Waals surface area contributed by atoms with Crippen molar-refractivity contribution < 1.29 is 19.4 Å². The fourth-order valence-corrected chi connectivity index (χ4v) is 4.81. The van der Waals surface area contributed by atoms with Crippen LogP contribution in [0.1, 0.15) is 24.0 Å². The standard InChI is InChI=1S/C24H30N4O5S/c25-17(4-1-15-2-6-19-20(13-15)33-12-11-32-19)14-21(30)27-10-9-26-8-7-16-3-5-18(29)22-23(16)34-24(31)28-22/h2-3,5-6,13,17,26,29H,1,4,7-12,14,25H2,(H,27,30)(H,28,31). The average molecular weight is 487 g/mol. The first-order valence-corrected chi connectivity index (χ1v) is 12.3. The Morgan fingerprint density at radius 1 is 1.12 bits per heavy atom. The molecule has 0 radical (unpaired) electrons. The number of ether oxygens (including phenoxy) is 2. The van der Waals surface area contributed by atoms with Gasteiger partial charge in [-0.3, -0.25) is 9.59 Å². The Labute approximate surface area is 201 Å². The Kier molecular flexibility index (Phi) is 8.04. The lowest BCUT2D eigenvalue weighted by Gasteiger charge is -2.19. The van der Waals surface area contributed by atoms with Gasteiger partial charge in [-0.25, -0.2) is 0 Å². The highest BCUT2D eigenvalue weighted by atomic mass is 32.1. The number of aryl methyl sites for hydroxylation is 1. The summed E-state index contributed by atoms with van der Waals surface area (Å²) >= 11 is 1.10. The van der Waals surface area contributed by atoms with Gasteiger partial charge in [-0.05, 0) is 55.1 Å². The number of rotatable bonds is 11. The largest absolute Gasteiger partial charge is 0.506 e. The highest BCUT2D eigenvalue weighted by Gasteiger charge is 2.14. The van der Waals surface area contributed by atoms with E-state index in [2.05, 4.69) is 15.6 Å². The number of thiazole rings is 1. The summed E-state index contributed by atoms with van der Waals surface area (Å²) in [6.07, 6.45) is 2.47. The minimum absolute atomic E-state index is 0.0613. The van der Waals surface area contributed by atoms with Crippen molar-refractivity contribution in [1.82, 2.24) is 15.6 Å². The van der Waals surface area contributed by atoms with Crippen molar-refractivity contribution in [3.8, 4) is 17.2 Å². The molecule has 0 fully saturated rings. The number of amides is 1. The second-order valence-corrected chi connectivity index (χ2v) is 9.28. The molecular weight excluding hydrogens is 456 g/mol. The van der Waals surface area contributed by atoms with Crippen molar-refractivity contribution in [3.63, 3.8) is 0 Å². The Morgan fingerprint density at radius 2 is 1.94 bits per heavy atom. The fraction of sp³-hybridized carbons (Fsp3) is 0.417. The van der Waals surface area contributed by atoms with Gasteiger partial charge in [0.25, 0.3) is 0 Å². The molecule has 6 N–H and O–H groups in total. The maximum absolute atomic E-state index is 12.2. The fourth-order valence-electron chi connectivity index (χ4n) is 3.92. The number of aromatic nitrogens is 1. The third-order valence-electron chi connectivity index (χ3n) is 5.69. The molecule has 0 spiro atoms. The lowest BCUT2D eigenvalue weighted by Crippen LogP contribution is -2.36. The van der Waals surface area contributed by atoms with Crippen molar-refractivity contribution in [2.24, 2.45) is 5.73 Å². The summed E-state index contributed by atoms with van der Waals surface area (Å²) in [5.74, 6) is 1.55. The number of hydrogen-bond donors (Lipinski definition) is 5. The molecule has 34 heavy (non-hydrogen) atoms. The Hall–Kier alpha value is -3.08. The summed E-state index contributed by atoms with van der Waals surface area (Å²) in [5, 5.41) is 16.0. The molecule has 9 nitrogen and oxygen atoms in total. The molecule has 4 rings (SSSR count). The van der Waals surface area contributed by atoms with E-state index in [1.165, 1.54) is 0 Å². The normalized spacial score (nSPS) is 13.7. The molecule has 0 bridgehead atoms. The van der Waals surface area contributed by atoms with Crippen LogP contribution < -0.4 is 30.7 Å². The number of aromatic hydroxyl groups is 1. The monoisotopic (exact) mass is 486 g/mol. The maximum Gasteiger partial charge on any atom is 0.305 e. The highest BCUT2D eigenvalue weighted by Crippen LogP contribution is 2.31.